The molecule has 0 saturated heterocycles. The zero-order valence-corrected chi connectivity index (χ0v) is 27.4. The van der Waals surface area contributed by atoms with E-state index < -0.39 is 31.4 Å². The Hall–Kier alpha value is -3.33. The summed E-state index contributed by atoms with van der Waals surface area (Å²) in [6, 6.07) is 13.2. The second kappa shape index (κ2) is 14.9. The third-order valence-corrected chi connectivity index (χ3v) is 10.3. The van der Waals surface area contributed by atoms with Gasteiger partial charge in [-0.05, 0) is 37.5 Å². The minimum atomic E-state index is -4.05. The van der Waals surface area contributed by atoms with Crippen LogP contribution in [0.25, 0.3) is 0 Å². The summed E-state index contributed by atoms with van der Waals surface area (Å²) in [5, 5.41) is 1.93. The van der Waals surface area contributed by atoms with Crippen molar-refractivity contribution in [1.29, 1.82) is 0 Å². The van der Waals surface area contributed by atoms with E-state index >= 15 is 0 Å². The summed E-state index contributed by atoms with van der Waals surface area (Å²) in [6.07, 6.45) is 2.43. The number of hydrogen-bond donors (Lipinski definition) is 0. The summed E-state index contributed by atoms with van der Waals surface area (Å²) in [4.78, 5) is 32.6. The van der Waals surface area contributed by atoms with Gasteiger partial charge >= 0.3 is 0 Å². The Morgan fingerprint density at radius 1 is 0.977 bits per heavy atom. The number of sulfonamides is 1. The Morgan fingerprint density at radius 3 is 2.19 bits per heavy atom. The van der Waals surface area contributed by atoms with Crippen molar-refractivity contribution in [2.24, 2.45) is 0 Å². The highest BCUT2D eigenvalue weighted by Gasteiger charge is 2.26. The second-order valence-corrected chi connectivity index (χ2v) is 15.4. The molecule has 0 bridgehead atoms. The van der Waals surface area contributed by atoms with Crippen molar-refractivity contribution in [3.8, 4) is 11.5 Å². The molecule has 1 heterocycles. The van der Waals surface area contributed by atoms with Crippen LogP contribution < -0.4 is 9.47 Å². The molecule has 0 atom stereocenters. The standard InChI is InChI=1S/C29H37N3O8S3/c1-21-26(39-3)16-23(17-27(21)40-4)29(34)32(13-9-12-22-10-7-6-8-11-22)18-28-30-24(19-41-28)25(33)20-43(37,38)31(2)14-15-42(5,35)36/h6-8,10-11,16-17,19H,9,12-15,18,20H2,1-5H3. The predicted molar refractivity (Wildman–Crippen MR) is 166 cm³/mol. The highest BCUT2D eigenvalue weighted by Crippen LogP contribution is 2.30. The highest BCUT2D eigenvalue weighted by atomic mass is 32.2. The van der Waals surface area contributed by atoms with E-state index in [9.17, 15) is 26.4 Å². The summed E-state index contributed by atoms with van der Waals surface area (Å²) in [5.41, 5.74) is 2.24. The van der Waals surface area contributed by atoms with E-state index in [1.54, 1.807) is 17.0 Å². The maximum absolute atomic E-state index is 13.8. The van der Waals surface area contributed by atoms with Crippen LogP contribution >= 0.6 is 11.3 Å². The Balaban J connectivity index is 1.79. The van der Waals surface area contributed by atoms with Crippen molar-refractivity contribution in [2.75, 3.05) is 52.1 Å². The van der Waals surface area contributed by atoms with Gasteiger partial charge in [-0.2, -0.15) is 0 Å². The summed E-state index contributed by atoms with van der Waals surface area (Å²) in [6.45, 7) is 2.08. The Labute approximate surface area is 257 Å². The molecule has 2 aromatic carbocycles. The van der Waals surface area contributed by atoms with Gasteiger partial charge in [0.25, 0.3) is 5.91 Å². The number of carbonyl (C=O) groups is 2. The summed E-state index contributed by atoms with van der Waals surface area (Å²) in [7, 11) is -3.16. The maximum atomic E-state index is 13.8. The normalized spacial score (nSPS) is 11.9. The molecule has 3 rings (SSSR count). The average molecular weight is 652 g/mol. The molecule has 1 amide bonds. The van der Waals surface area contributed by atoms with Crippen molar-refractivity contribution < 1.29 is 35.9 Å². The third-order valence-electron chi connectivity index (χ3n) is 6.75. The van der Waals surface area contributed by atoms with Crippen LogP contribution in [0.4, 0.5) is 0 Å². The van der Waals surface area contributed by atoms with Crippen LogP contribution in [-0.2, 0) is 32.8 Å². The molecule has 3 aromatic rings. The second-order valence-electron chi connectivity index (χ2n) is 10.1. The van der Waals surface area contributed by atoms with Crippen molar-refractivity contribution in [1.82, 2.24) is 14.2 Å². The number of carbonyl (C=O) groups excluding carboxylic acids is 2. The van der Waals surface area contributed by atoms with Gasteiger partial charge in [-0.1, -0.05) is 30.3 Å². The number of rotatable bonds is 16. The van der Waals surface area contributed by atoms with Crippen molar-refractivity contribution in [2.45, 2.75) is 26.3 Å². The summed E-state index contributed by atoms with van der Waals surface area (Å²) >= 11 is 1.15. The molecule has 0 unspecified atom stereocenters. The first kappa shape index (κ1) is 34.2. The number of aromatic nitrogens is 1. The third kappa shape index (κ3) is 9.85. The first-order valence-electron chi connectivity index (χ1n) is 13.4. The molecule has 0 aliphatic heterocycles. The Kier molecular flexibility index (Phi) is 11.8. The molecule has 43 heavy (non-hydrogen) atoms. The molecule has 0 N–H and O–H groups in total. The monoisotopic (exact) mass is 651 g/mol. The van der Waals surface area contributed by atoms with E-state index in [4.69, 9.17) is 9.47 Å². The van der Waals surface area contributed by atoms with Crippen LogP contribution in [0.5, 0.6) is 11.5 Å². The van der Waals surface area contributed by atoms with E-state index in [0.717, 1.165) is 39.4 Å². The number of hydrogen-bond acceptors (Lipinski definition) is 10. The quantitative estimate of drug-likeness (QED) is 0.214. The van der Waals surface area contributed by atoms with Crippen molar-refractivity contribution in [3.63, 3.8) is 0 Å². The fraction of sp³-hybridized carbons (Fsp3) is 0.414. The minimum absolute atomic E-state index is 0.0320. The number of ketones is 1. The molecule has 0 saturated carbocycles. The zero-order chi connectivity index (χ0) is 31.8. The zero-order valence-electron chi connectivity index (χ0n) is 24.9. The molecule has 0 radical (unpaired) electrons. The van der Waals surface area contributed by atoms with Crippen molar-refractivity contribution >= 4 is 42.9 Å². The van der Waals surface area contributed by atoms with E-state index in [1.165, 1.54) is 26.6 Å². The molecule has 0 aliphatic rings. The first-order valence-corrected chi connectivity index (χ1v) is 17.9. The molecule has 0 aliphatic carbocycles. The first-order chi connectivity index (χ1) is 20.2. The molecule has 1 aromatic heterocycles. The lowest BCUT2D eigenvalue weighted by atomic mass is 10.1. The molecular formula is C29H37N3O8S3. The molecule has 0 fully saturated rings. The maximum Gasteiger partial charge on any atom is 0.254 e. The van der Waals surface area contributed by atoms with Gasteiger partial charge in [0.1, 0.15) is 37.8 Å². The lowest BCUT2D eigenvalue weighted by Crippen LogP contribution is -2.35. The topological polar surface area (TPSA) is 140 Å². The van der Waals surface area contributed by atoms with Crippen molar-refractivity contribution in [3.05, 3.63) is 75.2 Å². The van der Waals surface area contributed by atoms with Crippen LogP contribution in [0.3, 0.4) is 0 Å². The van der Waals surface area contributed by atoms with Crippen LogP contribution in [0.15, 0.2) is 47.8 Å². The minimum Gasteiger partial charge on any atom is -0.496 e. The number of Topliss-reactive ketones (excluding diaryl/α,β-unsaturated/α-hetero) is 1. The molecular weight excluding hydrogens is 615 g/mol. The molecule has 0 spiro atoms. The van der Waals surface area contributed by atoms with Gasteiger partial charge in [0, 0.05) is 42.9 Å². The lowest BCUT2D eigenvalue weighted by Gasteiger charge is -2.23. The number of nitrogens with zero attached hydrogens (tertiary/aromatic N) is 3. The van der Waals surface area contributed by atoms with E-state index in [1.807, 2.05) is 37.3 Å². The number of ether oxygens (including phenoxy) is 2. The largest absolute Gasteiger partial charge is 0.496 e. The highest BCUT2D eigenvalue weighted by molar-refractivity contribution is 7.91. The predicted octanol–water partition coefficient (Wildman–Crippen LogP) is 3.23. The van der Waals surface area contributed by atoms with E-state index in [-0.39, 0.29) is 30.4 Å². The Bertz CT molecular complexity index is 1610. The number of methoxy groups -OCH3 is 2. The lowest BCUT2D eigenvalue weighted by molar-refractivity contribution is 0.0740. The van der Waals surface area contributed by atoms with Gasteiger partial charge in [-0.3, -0.25) is 9.59 Å². The van der Waals surface area contributed by atoms with Gasteiger partial charge in [-0.15, -0.1) is 11.3 Å². The summed E-state index contributed by atoms with van der Waals surface area (Å²) < 4.78 is 59.9. The molecule has 14 heteroatoms. The summed E-state index contributed by atoms with van der Waals surface area (Å²) in [5.74, 6) is -1.18. The number of sulfone groups is 1. The number of benzene rings is 2. The van der Waals surface area contributed by atoms with Gasteiger partial charge in [-0.25, -0.2) is 26.1 Å². The van der Waals surface area contributed by atoms with Crippen LogP contribution in [0.1, 0.15) is 43.4 Å². The SMILES string of the molecule is COc1cc(C(=O)N(CCCc2ccccc2)Cc2nc(C(=O)CS(=O)(=O)N(C)CCS(C)(=O)=O)cs2)cc(OC)c1C. The van der Waals surface area contributed by atoms with Crippen LogP contribution in [-0.4, -0.2) is 94.8 Å². The fourth-order valence-electron chi connectivity index (χ4n) is 4.22. The number of amides is 1. The number of aryl methyl sites for hydroxylation is 1. The average Bonchev–Trinajstić information content (AvgIpc) is 3.44. The van der Waals surface area contributed by atoms with Gasteiger partial charge in [0.15, 0.2) is 5.78 Å². The van der Waals surface area contributed by atoms with Gasteiger partial charge in [0.2, 0.25) is 10.0 Å². The fourth-order valence-corrected chi connectivity index (χ4v) is 6.82. The smallest absolute Gasteiger partial charge is 0.254 e. The van der Waals surface area contributed by atoms with E-state index in [0.29, 0.717) is 35.0 Å². The van der Waals surface area contributed by atoms with Crippen LogP contribution in [0.2, 0.25) is 0 Å². The molecule has 11 nitrogen and oxygen atoms in total. The van der Waals surface area contributed by atoms with Gasteiger partial charge in [0.05, 0.1) is 26.5 Å². The van der Waals surface area contributed by atoms with Crippen LogP contribution in [0, 0.1) is 6.92 Å². The number of thiazole rings is 1. The Morgan fingerprint density at radius 2 is 1.60 bits per heavy atom. The van der Waals surface area contributed by atoms with E-state index in [2.05, 4.69) is 4.98 Å². The van der Waals surface area contributed by atoms with Gasteiger partial charge < -0.3 is 14.4 Å². The molecule has 234 valence electrons.